The Balaban J connectivity index is 2.41. The van der Waals surface area contributed by atoms with Gasteiger partial charge in [0.25, 0.3) is 0 Å². The van der Waals surface area contributed by atoms with Crippen molar-refractivity contribution in [1.82, 2.24) is 0 Å². The smallest absolute Gasteiger partial charge is 0.335 e. The van der Waals surface area contributed by atoms with Gasteiger partial charge in [-0.25, -0.2) is 13.2 Å². The fourth-order valence-corrected chi connectivity index (χ4v) is 2.21. The van der Waals surface area contributed by atoms with Gasteiger partial charge < -0.3 is 9.84 Å². The number of hydrogen-bond donors (Lipinski definition) is 2. The van der Waals surface area contributed by atoms with Gasteiger partial charge in [0.15, 0.2) is 5.75 Å². The molecule has 0 aliphatic carbocycles. The fourth-order valence-electron chi connectivity index (χ4n) is 1.65. The van der Waals surface area contributed by atoms with Gasteiger partial charge in [0, 0.05) is 0 Å². The van der Waals surface area contributed by atoms with Gasteiger partial charge in [0.2, 0.25) is 10.0 Å². The number of rotatable bonds is 5. The summed E-state index contributed by atoms with van der Waals surface area (Å²) in [6, 6.07) is 12.7. The second-order valence-corrected chi connectivity index (χ2v) is 6.05. The average molecular weight is 307 g/mol. The van der Waals surface area contributed by atoms with Crippen LogP contribution in [0, 0.1) is 0 Å². The van der Waals surface area contributed by atoms with Gasteiger partial charge in [-0.2, -0.15) is 0 Å². The first kappa shape index (κ1) is 14.9. The highest BCUT2D eigenvalue weighted by Gasteiger charge is 2.13. The number of anilines is 1. The third-order valence-corrected chi connectivity index (χ3v) is 3.08. The molecule has 0 aliphatic heterocycles. The Morgan fingerprint density at radius 3 is 2.38 bits per heavy atom. The van der Waals surface area contributed by atoms with E-state index in [1.807, 2.05) is 6.07 Å². The molecule has 0 radical (unpaired) electrons. The number of carbonyl (C=O) groups is 1. The number of benzene rings is 2. The third kappa shape index (κ3) is 4.22. The van der Waals surface area contributed by atoms with E-state index in [1.165, 1.54) is 18.2 Å². The summed E-state index contributed by atoms with van der Waals surface area (Å²) in [6.07, 6.45) is 0.979. The van der Waals surface area contributed by atoms with Gasteiger partial charge in [-0.15, -0.1) is 0 Å². The first-order valence-corrected chi connectivity index (χ1v) is 7.82. The standard InChI is InChI=1S/C14H13NO5S/c1-21(18,19)15-12-9-10(14(16)17)7-8-13(12)20-11-5-3-2-4-6-11/h2-9,15H,1H3,(H,16,17). The van der Waals surface area contributed by atoms with E-state index in [0.29, 0.717) is 5.75 Å². The zero-order chi connectivity index (χ0) is 15.5. The minimum atomic E-state index is -3.56. The molecule has 0 atom stereocenters. The number of carboxylic acid groups (broad SMARTS) is 1. The van der Waals surface area contributed by atoms with Gasteiger partial charge in [-0.05, 0) is 30.3 Å². The summed E-state index contributed by atoms with van der Waals surface area (Å²) < 4.78 is 30.6. The number of aromatic carboxylic acids is 1. The molecule has 0 saturated carbocycles. The lowest BCUT2D eigenvalue weighted by molar-refractivity contribution is 0.0697. The van der Waals surface area contributed by atoms with E-state index < -0.39 is 16.0 Å². The summed E-state index contributed by atoms with van der Waals surface area (Å²) >= 11 is 0. The highest BCUT2D eigenvalue weighted by atomic mass is 32.2. The van der Waals surface area contributed by atoms with Gasteiger partial charge in [-0.1, -0.05) is 18.2 Å². The summed E-state index contributed by atoms with van der Waals surface area (Å²) in [5.74, 6) is -0.424. The third-order valence-electron chi connectivity index (χ3n) is 2.49. The van der Waals surface area contributed by atoms with Crippen LogP contribution in [0.15, 0.2) is 48.5 Å². The number of para-hydroxylation sites is 1. The normalized spacial score (nSPS) is 10.9. The number of ether oxygens (including phenoxy) is 1. The molecule has 2 N–H and O–H groups in total. The summed E-state index contributed by atoms with van der Waals surface area (Å²) in [5, 5.41) is 8.97. The van der Waals surface area contributed by atoms with E-state index in [4.69, 9.17) is 9.84 Å². The molecule has 0 amide bonds. The number of nitrogens with one attached hydrogen (secondary N) is 1. The van der Waals surface area contributed by atoms with Gasteiger partial charge in [0.1, 0.15) is 5.75 Å². The van der Waals surface area contributed by atoms with Crippen molar-refractivity contribution in [2.75, 3.05) is 11.0 Å². The molecular weight excluding hydrogens is 294 g/mol. The molecule has 0 unspecified atom stereocenters. The van der Waals surface area contributed by atoms with Crippen LogP contribution in [-0.2, 0) is 10.0 Å². The molecule has 6 nitrogen and oxygen atoms in total. The maximum atomic E-state index is 11.4. The topological polar surface area (TPSA) is 92.7 Å². The Morgan fingerprint density at radius 2 is 1.81 bits per heavy atom. The van der Waals surface area contributed by atoms with Crippen molar-refractivity contribution in [3.05, 3.63) is 54.1 Å². The van der Waals surface area contributed by atoms with Gasteiger partial charge >= 0.3 is 5.97 Å². The van der Waals surface area contributed by atoms with Gasteiger partial charge in [-0.3, -0.25) is 4.72 Å². The number of sulfonamides is 1. The lowest BCUT2D eigenvalue weighted by Crippen LogP contribution is -2.11. The molecule has 0 aliphatic rings. The van der Waals surface area contributed by atoms with Crippen LogP contribution < -0.4 is 9.46 Å². The van der Waals surface area contributed by atoms with Crippen LogP contribution in [0.1, 0.15) is 10.4 Å². The van der Waals surface area contributed by atoms with Crippen molar-refractivity contribution in [2.24, 2.45) is 0 Å². The van der Waals surface area contributed by atoms with E-state index in [9.17, 15) is 13.2 Å². The summed E-state index contributed by atoms with van der Waals surface area (Å²) in [6.45, 7) is 0. The summed E-state index contributed by atoms with van der Waals surface area (Å²) in [5.41, 5.74) is 0.0304. The van der Waals surface area contributed by atoms with Crippen molar-refractivity contribution in [1.29, 1.82) is 0 Å². The first-order valence-electron chi connectivity index (χ1n) is 5.93. The predicted molar refractivity (Wildman–Crippen MR) is 78.4 cm³/mol. The van der Waals surface area contributed by atoms with Crippen molar-refractivity contribution >= 4 is 21.7 Å². The lowest BCUT2D eigenvalue weighted by atomic mass is 10.2. The monoisotopic (exact) mass is 307 g/mol. The lowest BCUT2D eigenvalue weighted by Gasteiger charge is -2.12. The largest absolute Gasteiger partial charge is 0.478 e. The van der Waals surface area contributed by atoms with Crippen LogP contribution >= 0.6 is 0 Å². The van der Waals surface area contributed by atoms with Crippen molar-refractivity contribution in [3.63, 3.8) is 0 Å². The minimum absolute atomic E-state index is 0.0402. The Labute approximate surface area is 122 Å². The van der Waals surface area contributed by atoms with Crippen LogP contribution in [0.5, 0.6) is 11.5 Å². The molecule has 0 fully saturated rings. The molecule has 0 bridgehead atoms. The Morgan fingerprint density at radius 1 is 1.14 bits per heavy atom. The van der Waals surface area contributed by atoms with E-state index in [2.05, 4.69) is 4.72 Å². The molecule has 7 heteroatoms. The zero-order valence-corrected chi connectivity index (χ0v) is 11.9. The predicted octanol–water partition coefficient (Wildman–Crippen LogP) is 2.55. The van der Waals surface area contributed by atoms with Crippen LogP contribution in [0.4, 0.5) is 5.69 Å². The fraction of sp³-hybridized carbons (Fsp3) is 0.0714. The second kappa shape index (κ2) is 5.84. The Hall–Kier alpha value is -2.54. The summed E-state index contributed by atoms with van der Waals surface area (Å²) in [4.78, 5) is 11.0. The Kier molecular flexibility index (Phi) is 4.13. The average Bonchev–Trinajstić information content (AvgIpc) is 2.40. The second-order valence-electron chi connectivity index (χ2n) is 4.31. The van der Waals surface area contributed by atoms with Gasteiger partial charge in [0.05, 0.1) is 17.5 Å². The number of carboxylic acids is 1. The highest BCUT2D eigenvalue weighted by Crippen LogP contribution is 2.31. The maximum absolute atomic E-state index is 11.4. The molecule has 110 valence electrons. The van der Waals surface area contributed by atoms with E-state index >= 15 is 0 Å². The number of hydrogen-bond acceptors (Lipinski definition) is 4. The molecular formula is C14H13NO5S. The molecule has 0 heterocycles. The molecule has 0 spiro atoms. The van der Waals surface area contributed by atoms with Crippen molar-refractivity contribution in [3.8, 4) is 11.5 Å². The Bertz CT molecular complexity index is 756. The van der Waals surface area contributed by atoms with Crippen LogP contribution in [0.3, 0.4) is 0 Å². The van der Waals surface area contributed by atoms with E-state index in [-0.39, 0.29) is 17.0 Å². The summed E-state index contributed by atoms with van der Waals surface area (Å²) in [7, 11) is -3.56. The molecule has 0 aromatic heterocycles. The molecule has 2 aromatic rings. The maximum Gasteiger partial charge on any atom is 0.335 e. The molecule has 0 saturated heterocycles. The quantitative estimate of drug-likeness (QED) is 0.885. The van der Waals surface area contributed by atoms with Crippen LogP contribution in [-0.4, -0.2) is 25.7 Å². The van der Waals surface area contributed by atoms with E-state index in [1.54, 1.807) is 24.3 Å². The highest BCUT2D eigenvalue weighted by molar-refractivity contribution is 7.92. The minimum Gasteiger partial charge on any atom is -0.478 e. The van der Waals surface area contributed by atoms with E-state index in [0.717, 1.165) is 6.26 Å². The molecule has 21 heavy (non-hydrogen) atoms. The van der Waals surface area contributed by atoms with Crippen molar-refractivity contribution in [2.45, 2.75) is 0 Å². The van der Waals surface area contributed by atoms with Crippen molar-refractivity contribution < 1.29 is 23.1 Å². The zero-order valence-electron chi connectivity index (χ0n) is 11.1. The first-order chi connectivity index (χ1) is 9.85. The molecule has 2 aromatic carbocycles. The van der Waals surface area contributed by atoms with Crippen LogP contribution in [0.25, 0.3) is 0 Å². The molecule has 2 rings (SSSR count). The SMILES string of the molecule is CS(=O)(=O)Nc1cc(C(=O)O)ccc1Oc1ccccc1. The van der Waals surface area contributed by atoms with Crippen LogP contribution in [0.2, 0.25) is 0 Å².